The molecule has 0 aliphatic rings. The third kappa shape index (κ3) is 1.61. The molecule has 0 bridgehead atoms. The molecular formula is C8H14N2O. The van der Waals surface area contributed by atoms with Crippen molar-refractivity contribution >= 4 is 0 Å². The smallest absolute Gasteiger partial charge is 0.106 e. The minimum Gasteiger partial charge on any atom is -0.386 e. The second kappa shape index (κ2) is 3.07. The van der Waals surface area contributed by atoms with Crippen LogP contribution in [0.1, 0.15) is 23.1 Å². The number of aromatic nitrogens is 1. The van der Waals surface area contributed by atoms with Gasteiger partial charge in [-0.2, -0.15) is 0 Å². The van der Waals surface area contributed by atoms with E-state index in [1.165, 1.54) is 0 Å². The second-order valence-electron chi connectivity index (χ2n) is 2.80. The Kier molecular flexibility index (Phi) is 2.31. The Morgan fingerprint density at radius 2 is 2.27 bits per heavy atom. The second-order valence-corrected chi connectivity index (χ2v) is 2.80. The molecule has 1 aromatic heterocycles. The fraction of sp³-hybridized carbons (Fsp3) is 0.500. The first kappa shape index (κ1) is 8.30. The predicted octanol–water partition coefficient (Wildman–Crippen LogP) is 0.624. The number of rotatable bonds is 2. The van der Waals surface area contributed by atoms with Crippen molar-refractivity contribution in [1.82, 2.24) is 4.98 Å². The van der Waals surface area contributed by atoms with Crippen molar-refractivity contribution in [1.29, 1.82) is 0 Å². The van der Waals surface area contributed by atoms with Gasteiger partial charge in [0.15, 0.2) is 0 Å². The zero-order valence-corrected chi connectivity index (χ0v) is 6.89. The van der Waals surface area contributed by atoms with Crippen molar-refractivity contribution in [3.8, 4) is 0 Å². The summed E-state index contributed by atoms with van der Waals surface area (Å²) in [5.41, 5.74) is 8.28. The normalized spacial score (nSPS) is 13.5. The first-order valence-corrected chi connectivity index (χ1v) is 3.69. The first-order chi connectivity index (χ1) is 5.15. The molecule has 1 rings (SSSR count). The van der Waals surface area contributed by atoms with Gasteiger partial charge in [0, 0.05) is 17.9 Å². The lowest BCUT2D eigenvalue weighted by molar-refractivity contribution is 0.181. The number of aromatic amines is 1. The zero-order chi connectivity index (χ0) is 8.43. The van der Waals surface area contributed by atoms with Gasteiger partial charge in [-0.3, -0.25) is 0 Å². The van der Waals surface area contributed by atoms with Crippen LogP contribution in [0, 0.1) is 13.8 Å². The van der Waals surface area contributed by atoms with E-state index < -0.39 is 6.10 Å². The van der Waals surface area contributed by atoms with Gasteiger partial charge in [-0.15, -0.1) is 0 Å². The number of nitrogens with one attached hydrogen (secondary N) is 1. The van der Waals surface area contributed by atoms with Crippen molar-refractivity contribution in [2.24, 2.45) is 5.73 Å². The maximum absolute atomic E-state index is 9.37. The summed E-state index contributed by atoms with van der Waals surface area (Å²) >= 11 is 0. The standard InChI is InChI=1S/C8H14N2O/c1-5-3-6(2)10-8(5)7(11)4-9/h3,7,10-11H,4,9H2,1-2H3. The van der Waals surface area contributed by atoms with Crippen LogP contribution in [-0.2, 0) is 0 Å². The Morgan fingerprint density at radius 3 is 2.64 bits per heavy atom. The minimum atomic E-state index is -0.552. The number of H-pyrrole nitrogens is 1. The van der Waals surface area contributed by atoms with E-state index in [2.05, 4.69) is 4.98 Å². The molecule has 0 radical (unpaired) electrons. The predicted molar refractivity (Wildman–Crippen MR) is 44.3 cm³/mol. The third-order valence-corrected chi connectivity index (χ3v) is 1.75. The van der Waals surface area contributed by atoms with E-state index >= 15 is 0 Å². The van der Waals surface area contributed by atoms with Crippen LogP contribution in [-0.4, -0.2) is 16.6 Å². The van der Waals surface area contributed by atoms with Gasteiger partial charge in [0.05, 0.1) is 0 Å². The largest absolute Gasteiger partial charge is 0.386 e. The van der Waals surface area contributed by atoms with Crippen LogP contribution in [0.4, 0.5) is 0 Å². The monoisotopic (exact) mass is 154 g/mol. The highest BCUT2D eigenvalue weighted by Gasteiger charge is 2.09. The number of hydrogen-bond acceptors (Lipinski definition) is 2. The van der Waals surface area contributed by atoms with Crippen LogP contribution in [0.3, 0.4) is 0 Å². The van der Waals surface area contributed by atoms with E-state index in [-0.39, 0.29) is 6.54 Å². The third-order valence-electron chi connectivity index (χ3n) is 1.75. The molecular weight excluding hydrogens is 140 g/mol. The Hall–Kier alpha value is -0.800. The van der Waals surface area contributed by atoms with E-state index in [0.29, 0.717) is 0 Å². The Balaban J connectivity index is 2.93. The van der Waals surface area contributed by atoms with Crippen LogP contribution in [0.15, 0.2) is 6.07 Å². The SMILES string of the molecule is Cc1cc(C)c(C(O)CN)[nH]1. The first-order valence-electron chi connectivity index (χ1n) is 3.69. The molecule has 1 heterocycles. The van der Waals surface area contributed by atoms with Gasteiger partial charge in [-0.05, 0) is 25.5 Å². The van der Waals surface area contributed by atoms with Gasteiger partial charge in [0.2, 0.25) is 0 Å². The maximum Gasteiger partial charge on any atom is 0.106 e. The van der Waals surface area contributed by atoms with E-state index in [9.17, 15) is 5.11 Å². The average molecular weight is 154 g/mol. The van der Waals surface area contributed by atoms with Gasteiger partial charge in [-0.1, -0.05) is 0 Å². The minimum absolute atomic E-state index is 0.265. The van der Waals surface area contributed by atoms with Crippen molar-refractivity contribution in [2.45, 2.75) is 20.0 Å². The molecule has 0 aliphatic carbocycles. The molecule has 0 saturated heterocycles. The van der Waals surface area contributed by atoms with E-state index in [0.717, 1.165) is 17.0 Å². The highest BCUT2D eigenvalue weighted by Crippen LogP contribution is 2.15. The Bertz CT molecular complexity index is 242. The molecule has 0 aromatic carbocycles. The van der Waals surface area contributed by atoms with Crippen LogP contribution < -0.4 is 5.73 Å². The fourth-order valence-electron chi connectivity index (χ4n) is 1.21. The lowest BCUT2D eigenvalue weighted by Crippen LogP contribution is -2.12. The van der Waals surface area contributed by atoms with Crippen LogP contribution in [0.5, 0.6) is 0 Å². The zero-order valence-electron chi connectivity index (χ0n) is 6.89. The molecule has 1 atom stereocenters. The summed E-state index contributed by atoms with van der Waals surface area (Å²) in [4.78, 5) is 3.06. The molecule has 62 valence electrons. The van der Waals surface area contributed by atoms with E-state index in [1.807, 2.05) is 19.9 Å². The van der Waals surface area contributed by atoms with Gasteiger partial charge in [-0.25, -0.2) is 0 Å². The van der Waals surface area contributed by atoms with Gasteiger partial charge >= 0.3 is 0 Å². The molecule has 1 aromatic rings. The molecule has 3 nitrogen and oxygen atoms in total. The molecule has 11 heavy (non-hydrogen) atoms. The summed E-state index contributed by atoms with van der Waals surface area (Å²) in [5.74, 6) is 0. The quantitative estimate of drug-likeness (QED) is 0.585. The van der Waals surface area contributed by atoms with Gasteiger partial charge in [0.1, 0.15) is 6.10 Å². The molecule has 1 unspecified atom stereocenters. The average Bonchev–Trinajstić information content (AvgIpc) is 2.28. The molecule has 0 fully saturated rings. The number of aliphatic hydroxyl groups is 1. The summed E-state index contributed by atoms with van der Waals surface area (Å²) in [6, 6.07) is 1.99. The van der Waals surface area contributed by atoms with Crippen LogP contribution in [0.2, 0.25) is 0 Å². The fourth-order valence-corrected chi connectivity index (χ4v) is 1.21. The van der Waals surface area contributed by atoms with Crippen molar-refractivity contribution in [3.63, 3.8) is 0 Å². The summed E-state index contributed by atoms with van der Waals surface area (Å²) in [7, 11) is 0. The van der Waals surface area contributed by atoms with Crippen LogP contribution >= 0.6 is 0 Å². The Morgan fingerprint density at radius 1 is 1.64 bits per heavy atom. The van der Waals surface area contributed by atoms with E-state index in [4.69, 9.17) is 5.73 Å². The van der Waals surface area contributed by atoms with Crippen molar-refractivity contribution in [2.75, 3.05) is 6.54 Å². The summed E-state index contributed by atoms with van der Waals surface area (Å²) in [6.07, 6.45) is -0.552. The summed E-state index contributed by atoms with van der Waals surface area (Å²) < 4.78 is 0. The van der Waals surface area contributed by atoms with Gasteiger partial charge in [0.25, 0.3) is 0 Å². The van der Waals surface area contributed by atoms with Crippen molar-refractivity contribution in [3.05, 3.63) is 23.0 Å². The highest BCUT2D eigenvalue weighted by atomic mass is 16.3. The molecule has 3 heteroatoms. The summed E-state index contributed by atoms with van der Waals surface area (Å²) in [6.45, 7) is 4.18. The number of aryl methyl sites for hydroxylation is 2. The molecule has 4 N–H and O–H groups in total. The lowest BCUT2D eigenvalue weighted by Gasteiger charge is -2.05. The molecule has 0 amide bonds. The highest BCUT2D eigenvalue weighted by molar-refractivity contribution is 5.25. The number of hydrogen-bond donors (Lipinski definition) is 3. The Labute approximate surface area is 66.2 Å². The topological polar surface area (TPSA) is 62.0 Å². The lowest BCUT2D eigenvalue weighted by atomic mass is 10.2. The van der Waals surface area contributed by atoms with Gasteiger partial charge < -0.3 is 15.8 Å². The molecule has 0 spiro atoms. The summed E-state index contributed by atoms with van der Waals surface area (Å²) in [5, 5.41) is 9.37. The van der Waals surface area contributed by atoms with E-state index in [1.54, 1.807) is 0 Å². The van der Waals surface area contributed by atoms with Crippen molar-refractivity contribution < 1.29 is 5.11 Å². The van der Waals surface area contributed by atoms with Crippen LogP contribution in [0.25, 0.3) is 0 Å². The number of nitrogens with two attached hydrogens (primary N) is 1. The molecule has 0 aliphatic heterocycles. The maximum atomic E-state index is 9.37. The molecule has 0 saturated carbocycles. The number of aliphatic hydroxyl groups excluding tert-OH is 1.